The number of nitrogens with zero attached hydrogens (tertiary/aromatic N) is 2. The van der Waals surface area contributed by atoms with Gasteiger partial charge in [0.15, 0.2) is 0 Å². The van der Waals surface area contributed by atoms with Crippen LogP contribution in [0.15, 0.2) is 54.0 Å². The first-order valence-electron chi connectivity index (χ1n) is 10.3. The Hall–Kier alpha value is -3.06. The molecule has 6 nitrogen and oxygen atoms in total. The van der Waals surface area contributed by atoms with E-state index >= 15 is 0 Å². The molecule has 0 bridgehead atoms. The van der Waals surface area contributed by atoms with Crippen LogP contribution in [0.4, 0.5) is 10.5 Å². The van der Waals surface area contributed by atoms with Crippen LogP contribution >= 0.6 is 11.3 Å². The number of ether oxygens (including phenoxy) is 2. The van der Waals surface area contributed by atoms with Crippen molar-refractivity contribution in [1.82, 2.24) is 9.88 Å². The van der Waals surface area contributed by atoms with Crippen molar-refractivity contribution < 1.29 is 14.3 Å². The summed E-state index contributed by atoms with van der Waals surface area (Å²) in [5.41, 5.74) is 2.65. The summed E-state index contributed by atoms with van der Waals surface area (Å²) in [4.78, 5) is 19.9. The number of anilines is 1. The summed E-state index contributed by atoms with van der Waals surface area (Å²) < 4.78 is 10.7. The molecule has 1 aliphatic heterocycles. The number of carbonyl (C=O) groups is 1. The number of carbonyl (C=O) groups excluding carboxylic acids is 1. The minimum absolute atomic E-state index is 0.0713. The molecule has 0 radical (unpaired) electrons. The fourth-order valence-corrected chi connectivity index (χ4v) is 5.40. The lowest BCUT2D eigenvalue weighted by Gasteiger charge is -2.35. The molecule has 0 aliphatic carbocycles. The first-order valence-corrected chi connectivity index (χ1v) is 11.1. The molecule has 1 saturated heterocycles. The van der Waals surface area contributed by atoms with E-state index in [1.54, 1.807) is 43.8 Å². The average Bonchev–Trinajstić information content (AvgIpc) is 3.43. The highest BCUT2D eigenvalue weighted by molar-refractivity contribution is 7.09. The molecule has 31 heavy (non-hydrogen) atoms. The largest absolute Gasteiger partial charge is 0.497 e. The monoisotopic (exact) mass is 437 g/mol. The van der Waals surface area contributed by atoms with E-state index in [2.05, 4.69) is 48.4 Å². The van der Waals surface area contributed by atoms with E-state index in [0.29, 0.717) is 23.7 Å². The van der Waals surface area contributed by atoms with E-state index in [4.69, 9.17) is 9.47 Å². The Morgan fingerprint density at radius 2 is 1.97 bits per heavy atom. The van der Waals surface area contributed by atoms with Gasteiger partial charge < -0.3 is 19.7 Å². The molecule has 2 heterocycles. The Labute approximate surface area is 186 Å². The number of nitrogens with one attached hydrogen (secondary N) is 1. The van der Waals surface area contributed by atoms with Gasteiger partial charge in [-0.05, 0) is 38.0 Å². The molecule has 2 aromatic carbocycles. The van der Waals surface area contributed by atoms with Crippen molar-refractivity contribution in [3.63, 3.8) is 0 Å². The van der Waals surface area contributed by atoms with Crippen LogP contribution in [0.1, 0.15) is 29.5 Å². The zero-order chi connectivity index (χ0) is 22.0. The van der Waals surface area contributed by atoms with Gasteiger partial charge in [0.2, 0.25) is 0 Å². The molecular formula is C24H27N3O3S. The van der Waals surface area contributed by atoms with Gasteiger partial charge in [-0.3, -0.25) is 0 Å². The van der Waals surface area contributed by atoms with E-state index in [9.17, 15) is 4.79 Å². The Morgan fingerprint density at radius 3 is 2.61 bits per heavy atom. The van der Waals surface area contributed by atoms with Gasteiger partial charge in [-0.1, -0.05) is 29.8 Å². The van der Waals surface area contributed by atoms with E-state index in [1.165, 1.54) is 11.1 Å². The van der Waals surface area contributed by atoms with Crippen LogP contribution < -0.4 is 14.8 Å². The number of thiazole rings is 1. The van der Waals surface area contributed by atoms with Crippen molar-refractivity contribution in [3.8, 4) is 11.5 Å². The second kappa shape index (κ2) is 8.59. The molecule has 7 heteroatoms. The molecule has 2 atom stereocenters. The van der Waals surface area contributed by atoms with Crippen molar-refractivity contribution in [3.05, 3.63) is 70.2 Å². The van der Waals surface area contributed by atoms with Crippen LogP contribution in [0.2, 0.25) is 0 Å². The van der Waals surface area contributed by atoms with Gasteiger partial charge in [0.05, 0.1) is 25.3 Å². The topological polar surface area (TPSA) is 63.7 Å². The van der Waals surface area contributed by atoms with E-state index in [1.807, 2.05) is 16.5 Å². The van der Waals surface area contributed by atoms with E-state index in [-0.39, 0.29) is 17.5 Å². The predicted molar refractivity (Wildman–Crippen MR) is 123 cm³/mol. The summed E-state index contributed by atoms with van der Waals surface area (Å²) in [6.07, 6.45) is 2.65. The standard InChI is InChI=1S/C24H27N3O3S/c1-16-5-7-18(8-6-16)24(22-25-12-14-31-22)11-13-27(17(24)2)23(28)26-20-15-19(29-3)9-10-21(20)30-4/h5-10,12,14-15,17H,11,13H2,1-4H3,(H,26,28)/t17-,24?/m1/s1. The van der Waals surface area contributed by atoms with Crippen LogP contribution in [-0.4, -0.2) is 42.7 Å². The first-order chi connectivity index (χ1) is 15.0. The minimum atomic E-state index is -0.336. The summed E-state index contributed by atoms with van der Waals surface area (Å²) in [6, 6.07) is 13.7. The summed E-state index contributed by atoms with van der Waals surface area (Å²) in [6.45, 7) is 4.82. The van der Waals surface area contributed by atoms with Gasteiger partial charge in [-0.2, -0.15) is 0 Å². The Morgan fingerprint density at radius 1 is 1.19 bits per heavy atom. The fraction of sp³-hybridized carbons (Fsp3) is 0.333. The lowest BCUT2D eigenvalue weighted by Crippen LogP contribution is -2.45. The zero-order valence-corrected chi connectivity index (χ0v) is 19.0. The number of benzene rings is 2. The predicted octanol–water partition coefficient (Wildman–Crippen LogP) is 5.08. The Kier molecular flexibility index (Phi) is 5.87. The maximum Gasteiger partial charge on any atom is 0.322 e. The zero-order valence-electron chi connectivity index (χ0n) is 18.2. The highest BCUT2D eigenvalue weighted by atomic mass is 32.1. The van der Waals surface area contributed by atoms with E-state index in [0.717, 1.165) is 11.4 Å². The van der Waals surface area contributed by atoms with Crippen molar-refractivity contribution >= 4 is 23.1 Å². The van der Waals surface area contributed by atoms with Crippen molar-refractivity contribution in [2.24, 2.45) is 0 Å². The number of rotatable bonds is 5. The molecule has 4 rings (SSSR count). The van der Waals surface area contributed by atoms with E-state index < -0.39 is 0 Å². The third-order valence-corrected chi connectivity index (χ3v) is 7.17. The third-order valence-electron chi connectivity index (χ3n) is 6.22. The van der Waals surface area contributed by atoms with Crippen LogP contribution in [0, 0.1) is 6.92 Å². The molecule has 1 fully saturated rings. The third kappa shape index (κ3) is 3.74. The van der Waals surface area contributed by atoms with Gasteiger partial charge in [0.1, 0.15) is 16.5 Å². The highest BCUT2D eigenvalue weighted by Gasteiger charge is 2.50. The molecule has 2 amide bonds. The number of aromatic nitrogens is 1. The van der Waals surface area contributed by atoms with Crippen LogP contribution in [-0.2, 0) is 5.41 Å². The SMILES string of the molecule is COc1ccc(OC)c(NC(=O)N2CCC(c3ccc(C)cc3)(c3nccs3)[C@H]2C)c1. The number of likely N-dealkylation sites (tertiary alicyclic amines) is 1. The molecule has 3 aromatic rings. The maximum absolute atomic E-state index is 13.3. The number of hydrogen-bond donors (Lipinski definition) is 1. The quantitative estimate of drug-likeness (QED) is 0.605. The lowest BCUT2D eigenvalue weighted by atomic mass is 9.75. The number of aryl methyl sites for hydroxylation is 1. The van der Waals surface area contributed by atoms with Crippen LogP contribution in [0.5, 0.6) is 11.5 Å². The number of amides is 2. The number of urea groups is 1. The number of methoxy groups -OCH3 is 2. The second-order valence-electron chi connectivity index (χ2n) is 7.79. The summed E-state index contributed by atoms with van der Waals surface area (Å²) >= 11 is 1.64. The minimum Gasteiger partial charge on any atom is -0.497 e. The molecule has 1 N–H and O–H groups in total. The van der Waals surface area contributed by atoms with Gasteiger partial charge in [0.25, 0.3) is 0 Å². The molecule has 1 unspecified atom stereocenters. The smallest absolute Gasteiger partial charge is 0.322 e. The van der Waals surface area contributed by atoms with Gasteiger partial charge in [0, 0.05) is 30.2 Å². The van der Waals surface area contributed by atoms with Crippen LogP contribution in [0.3, 0.4) is 0 Å². The van der Waals surface area contributed by atoms with Gasteiger partial charge in [-0.25, -0.2) is 9.78 Å². The highest BCUT2D eigenvalue weighted by Crippen LogP contribution is 2.46. The first kappa shape index (κ1) is 21.2. The number of hydrogen-bond acceptors (Lipinski definition) is 5. The summed E-state index contributed by atoms with van der Waals surface area (Å²) in [7, 11) is 3.18. The fourth-order valence-electron chi connectivity index (χ4n) is 4.43. The molecule has 1 aliphatic rings. The average molecular weight is 438 g/mol. The Bertz CT molecular complexity index is 1050. The maximum atomic E-state index is 13.3. The summed E-state index contributed by atoms with van der Waals surface area (Å²) in [5, 5.41) is 6.06. The molecule has 162 valence electrons. The van der Waals surface area contributed by atoms with Crippen molar-refractivity contribution in [2.75, 3.05) is 26.1 Å². The lowest BCUT2D eigenvalue weighted by molar-refractivity contribution is 0.202. The molecular weight excluding hydrogens is 410 g/mol. The molecule has 0 saturated carbocycles. The normalized spacial score (nSPS) is 20.5. The van der Waals surface area contributed by atoms with Crippen molar-refractivity contribution in [1.29, 1.82) is 0 Å². The van der Waals surface area contributed by atoms with Crippen LogP contribution in [0.25, 0.3) is 0 Å². The Balaban J connectivity index is 1.66. The second-order valence-corrected chi connectivity index (χ2v) is 8.68. The van der Waals surface area contributed by atoms with Gasteiger partial charge >= 0.3 is 6.03 Å². The van der Waals surface area contributed by atoms with Gasteiger partial charge in [-0.15, -0.1) is 11.3 Å². The van der Waals surface area contributed by atoms with Crippen molar-refractivity contribution in [2.45, 2.75) is 31.7 Å². The molecule has 1 aromatic heterocycles. The molecule has 0 spiro atoms. The summed E-state index contributed by atoms with van der Waals surface area (Å²) in [5.74, 6) is 1.24.